The van der Waals surface area contributed by atoms with Crippen molar-refractivity contribution in [1.29, 1.82) is 0 Å². The van der Waals surface area contributed by atoms with Crippen LogP contribution in [0.5, 0.6) is 11.5 Å². The fourth-order valence-corrected chi connectivity index (χ4v) is 1.81. The van der Waals surface area contributed by atoms with Gasteiger partial charge >= 0.3 is 0 Å². The molecule has 1 amide bonds. The number of methoxy groups -OCH3 is 1. The lowest BCUT2D eigenvalue weighted by Gasteiger charge is -2.25. The normalized spacial score (nSPS) is 13.1. The van der Waals surface area contributed by atoms with Gasteiger partial charge in [-0.2, -0.15) is 0 Å². The first kappa shape index (κ1) is 20.9. The molecule has 0 aliphatic carbocycles. The Morgan fingerprint density at radius 1 is 1.20 bits per heavy atom. The number of Topliss-reactive ketones (excluding diaryl/α,β-unsaturated/α-hetero) is 1. The van der Waals surface area contributed by atoms with E-state index in [0.717, 1.165) is 0 Å². The smallest absolute Gasteiger partial charge is 0.255 e. The van der Waals surface area contributed by atoms with Crippen molar-refractivity contribution in [2.45, 2.75) is 19.4 Å². The van der Waals surface area contributed by atoms with E-state index in [9.17, 15) is 19.8 Å². The number of carbonyl (C=O) groups excluding carboxylic acids is 2. The van der Waals surface area contributed by atoms with Crippen molar-refractivity contribution in [2.24, 2.45) is 0 Å². The van der Waals surface area contributed by atoms with Crippen LogP contribution in [0.1, 0.15) is 24.2 Å². The van der Waals surface area contributed by atoms with Crippen molar-refractivity contribution >= 4 is 11.7 Å². The average Bonchev–Trinajstić information content (AvgIpc) is 2.57. The molecule has 0 aliphatic rings. The van der Waals surface area contributed by atoms with Crippen LogP contribution in [0.4, 0.5) is 0 Å². The summed E-state index contributed by atoms with van der Waals surface area (Å²) in [5.74, 6) is -0.977. The molecule has 1 rings (SSSR count). The minimum Gasteiger partial charge on any atom is -0.507 e. The standard InChI is InChI=1S/C17H25NO7/c1-12(20)17(2,11-19)18-16(22)14-5-4-13(10-15(14)21)25-9-8-24-7-6-23-3/h4-5,10,19,21H,6-9,11H2,1-3H3,(H,18,22). The highest BCUT2D eigenvalue weighted by molar-refractivity contribution is 6.01. The van der Waals surface area contributed by atoms with Gasteiger partial charge in [0, 0.05) is 13.2 Å². The van der Waals surface area contributed by atoms with Gasteiger partial charge < -0.3 is 29.7 Å². The van der Waals surface area contributed by atoms with Crippen LogP contribution in [0.3, 0.4) is 0 Å². The zero-order valence-corrected chi connectivity index (χ0v) is 14.7. The van der Waals surface area contributed by atoms with E-state index in [1.165, 1.54) is 32.0 Å². The van der Waals surface area contributed by atoms with Crippen molar-refractivity contribution in [1.82, 2.24) is 5.32 Å². The number of carbonyl (C=O) groups is 2. The Kier molecular flexibility index (Phi) is 8.33. The molecule has 0 saturated carbocycles. The van der Waals surface area contributed by atoms with Crippen LogP contribution in [0.25, 0.3) is 0 Å². The van der Waals surface area contributed by atoms with E-state index in [0.29, 0.717) is 25.6 Å². The number of aliphatic hydroxyl groups excluding tert-OH is 1. The second-order valence-corrected chi connectivity index (χ2v) is 5.63. The predicted octanol–water partition coefficient (Wildman–Crippen LogP) is 0.504. The molecular formula is C17H25NO7. The van der Waals surface area contributed by atoms with Crippen LogP contribution in [-0.4, -0.2) is 67.6 Å². The summed E-state index contributed by atoms with van der Waals surface area (Å²) in [5.41, 5.74) is -1.43. The number of hydrogen-bond donors (Lipinski definition) is 3. The van der Waals surface area contributed by atoms with Gasteiger partial charge in [-0.15, -0.1) is 0 Å². The Hall–Kier alpha value is -2.16. The van der Waals surface area contributed by atoms with Gasteiger partial charge in [-0.1, -0.05) is 0 Å². The van der Waals surface area contributed by atoms with Gasteiger partial charge in [0.05, 0.1) is 32.0 Å². The number of amides is 1. The molecule has 0 fully saturated rings. The van der Waals surface area contributed by atoms with Gasteiger partial charge in [0.1, 0.15) is 23.6 Å². The van der Waals surface area contributed by atoms with E-state index < -0.39 is 23.8 Å². The molecule has 0 aromatic heterocycles. The predicted molar refractivity (Wildman–Crippen MR) is 89.9 cm³/mol. The minimum absolute atomic E-state index is 0.0235. The monoisotopic (exact) mass is 355 g/mol. The van der Waals surface area contributed by atoms with E-state index in [1.54, 1.807) is 7.11 Å². The number of hydrogen-bond acceptors (Lipinski definition) is 7. The molecule has 0 heterocycles. The molecule has 0 aliphatic heterocycles. The van der Waals surface area contributed by atoms with E-state index in [4.69, 9.17) is 14.2 Å². The van der Waals surface area contributed by atoms with Gasteiger partial charge in [0.2, 0.25) is 0 Å². The molecule has 0 saturated heterocycles. The first-order valence-electron chi connectivity index (χ1n) is 7.81. The van der Waals surface area contributed by atoms with E-state index in [-0.39, 0.29) is 17.9 Å². The summed E-state index contributed by atoms with van der Waals surface area (Å²) in [6.07, 6.45) is 0. The molecule has 3 N–H and O–H groups in total. The Morgan fingerprint density at radius 3 is 2.44 bits per heavy atom. The third-order valence-corrected chi connectivity index (χ3v) is 3.62. The van der Waals surface area contributed by atoms with Crippen LogP contribution < -0.4 is 10.1 Å². The van der Waals surface area contributed by atoms with Gasteiger partial charge in [-0.25, -0.2) is 0 Å². The van der Waals surface area contributed by atoms with Crippen molar-refractivity contribution in [3.05, 3.63) is 23.8 Å². The maximum absolute atomic E-state index is 12.2. The maximum atomic E-state index is 12.2. The van der Waals surface area contributed by atoms with Gasteiger partial charge in [0.15, 0.2) is 5.78 Å². The van der Waals surface area contributed by atoms with E-state index in [1.807, 2.05) is 0 Å². The van der Waals surface area contributed by atoms with E-state index >= 15 is 0 Å². The molecule has 1 aromatic carbocycles. The van der Waals surface area contributed by atoms with Gasteiger partial charge in [0.25, 0.3) is 5.91 Å². The lowest BCUT2D eigenvalue weighted by Crippen LogP contribution is -2.54. The molecule has 1 atom stereocenters. The number of aliphatic hydroxyl groups is 1. The summed E-state index contributed by atoms with van der Waals surface area (Å²) >= 11 is 0. The molecule has 0 spiro atoms. The topological polar surface area (TPSA) is 114 Å². The first-order valence-corrected chi connectivity index (χ1v) is 7.81. The lowest BCUT2D eigenvalue weighted by molar-refractivity contribution is -0.123. The lowest BCUT2D eigenvalue weighted by atomic mass is 9.98. The van der Waals surface area contributed by atoms with Crippen LogP contribution in [-0.2, 0) is 14.3 Å². The summed E-state index contributed by atoms with van der Waals surface area (Å²) in [6, 6.07) is 4.20. The number of nitrogens with one attached hydrogen (secondary N) is 1. The second-order valence-electron chi connectivity index (χ2n) is 5.63. The quantitative estimate of drug-likeness (QED) is 0.495. The highest BCUT2D eigenvalue weighted by Crippen LogP contribution is 2.24. The third kappa shape index (κ3) is 6.33. The van der Waals surface area contributed by atoms with Gasteiger partial charge in [-0.05, 0) is 26.0 Å². The largest absolute Gasteiger partial charge is 0.507 e. The van der Waals surface area contributed by atoms with E-state index in [2.05, 4.69) is 5.32 Å². The SMILES string of the molecule is COCCOCCOc1ccc(C(=O)NC(C)(CO)C(C)=O)c(O)c1. The van der Waals surface area contributed by atoms with Crippen molar-refractivity contribution in [3.8, 4) is 11.5 Å². The Labute approximate surface area is 146 Å². The molecule has 1 unspecified atom stereocenters. The molecule has 8 nitrogen and oxygen atoms in total. The van der Waals surface area contributed by atoms with Crippen molar-refractivity contribution in [3.63, 3.8) is 0 Å². The summed E-state index contributed by atoms with van der Waals surface area (Å²) in [6.45, 7) is 3.73. The van der Waals surface area contributed by atoms with Crippen LogP contribution in [0.15, 0.2) is 18.2 Å². The molecule has 25 heavy (non-hydrogen) atoms. The molecule has 0 radical (unpaired) electrons. The second kappa shape index (κ2) is 9.97. The number of benzene rings is 1. The Balaban J connectivity index is 2.63. The summed E-state index contributed by atoms with van der Waals surface area (Å²) in [4.78, 5) is 23.7. The Morgan fingerprint density at radius 2 is 1.88 bits per heavy atom. The van der Waals surface area contributed by atoms with Crippen LogP contribution in [0.2, 0.25) is 0 Å². The number of aromatic hydroxyl groups is 1. The first-order chi connectivity index (χ1) is 11.8. The maximum Gasteiger partial charge on any atom is 0.255 e. The van der Waals surface area contributed by atoms with Crippen molar-refractivity contribution < 1.29 is 34.0 Å². The summed E-state index contributed by atoms with van der Waals surface area (Å²) in [5, 5.41) is 21.7. The van der Waals surface area contributed by atoms with Crippen molar-refractivity contribution in [2.75, 3.05) is 40.1 Å². The number of phenolic OH excluding ortho intramolecular Hbond substituents is 1. The zero-order valence-electron chi connectivity index (χ0n) is 14.7. The Bertz CT molecular complexity index is 590. The minimum atomic E-state index is -1.40. The molecule has 0 bridgehead atoms. The number of phenols is 1. The zero-order chi connectivity index (χ0) is 18.9. The molecule has 8 heteroatoms. The highest BCUT2D eigenvalue weighted by Gasteiger charge is 2.31. The number of rotatable bonds is 11. The van der Waals surface area contributed by atoms with Gasteiger partial charge in [-0.3, -0.25) is 9.59 Å². The summed E-state index contributed by atoms with van der Waals surface area (Å²) < 4.78 is 15.5. The molecule has 140 valence electrons. The third-order valence-electron chi connectivity index (χ3n) is 3.62. The fraction of sp³-hybridized carbons (Fsp3) is 0.529. The van der Waals surface area contributed by atoms with Crippen LogP contribution >= 0.6 is 0 Å². The summed E-state index contributed by atoms with van der Waals surface area (Å²) in [7, 11) is 1.58. The number of ketones is 1. The highest BCUT2D eigenvalue weighted by atomic mass is 16.5. The fourth-order valence-electron chi connectivity index (χ4n) is 1.81. The average molecular weight is 355 g/mol. The molecular weight excluding hydrogens is 330 g/mol. The molecule has 1 aromatic rings. The van der Waals surface area contributed by atoms with Crippen LogP contribution in [0, 0.1) is 0 Å². The number of ether oxygens (including phenoxy) is 3.